The number of amides is 2. The molecule has 2 aromatic rings. The van der Waals surface area contributed by atoms with Crippen molar-refractivity contribution < 1.29 is 19.2 Å². The van der Waals surface area contributed by atoms with Crippen molar-refractivity contribution in [2.24, 2.45) is 0 Å². The predicted octanol–water partition coefficient (Wildman–Crippen LogP) is 3.16. The summed E-state index contributed by atoms with van der Waals surface area (Å²) in [6.45, 7) is 1.14. The highest BCUT2D eigenvalue weighted by atomic mass is 16.6. The molecule has 1 unspecified atom stereocenters. The van der Waals surface area contributed by atoms with Crippen molar-refractivity contribution in [3.05, 3.63) is 75.8 Å². The summed E-state index contributed by atoms with van der Waals surface area (Å²) in [7, 11) is 0. The minimum Gasteiger partial charge on any atom is -0.376 e. The van der Waals surface area contributed by atoms with Crippen molar-refractivity contribution in [2.75, 3.05) is 18.5 Å². The second-order valence-corrected chi connectivity index (χ2v) is 6.57. The molecule has 1 atom stereocenters. The number of benzene rings is 2. The molecule has 150 valence electrons. The number of nitro benzene ring substituents is 1. The Hall–Kier alpha value is -3.52. The summed E-state index contributed by atoms with van der Waals surface area (Å²) in [4.78, 5) is 35.1. The van der Waals surface area contributed by atoms with Crippen molar-refractivity contribution >= 4 is 29.3 Å². The van der Waals surface area contributed by atoms with Gasteiger partial charge in [-0.1, -0.05) is 24.3 Å². The van der Waals surface area contributed by atoms with Gasteiger partial charge in [0, 0.05) is 31.4 Å². The molecule has 1 saturated heterocycles. The maximum atomic E-state index is 12.5. The number of nitrogens with one attached hydrogen (secondary N) is 2. The number of nitrogens with zero attached hydrogens (tertiary/aromatic N) is 1. The third-order valence-corrected chi connectivity index (χ3v) is 4.45. The van der Waals surface area contributed by atoms with Crippen molar-refractivity contribution in [3.63, 3.8) is 0 Å². The monoisotopic (exact) mass is 395 g/mol. The van der Waals surface area contributed by atoms with Gasteiger partial charge in [-0.3, -0.25) is 19.7 Å². The number of ether oxygens (including phenoxy) is 1. The van der Waals surface area contributed by atoms with Crippen LogP contribution in [0.15, 0.2) is 54.6 Å². The van der Waals surface area contributed by atoms with Gasteiger partial charge in [0.05, 0.1) is 22.3 Å². The summed E-state index contributed by atoms with van der Waals surface area (Å²) in [5.74, 6) is -0.741. The number of hydrogen-bond donors (Lipinski definition) is 2. The van der Waals surface area contributed by atoms with Crippen molar-refractivity contribution in [1.82, 2.24) is 5.32 Å². The maximum Gasteiger partial charge on any atom is 0.270 e. The van der Waals surface area contributed by atoms with Crippen LogP contribution in [0.2, 0.25) is 0 Å². The molecule has 8 nitrogen and oxygen atoms in total. The standard InChI is InChI=1S/C21H21N3O5/c25-20(11-10-15-5-3-6-16(13-15)24(27)28)23-19-9-2-1-8-18(19)21(26)22-14-17-7-4-12-29-17/h1-3,5-6,8-11,13,17H,4,7,12,14H2,(H,22,26)(H,23,25)/b11-10+. The molecule has 2 amide bonds. The predicted molar refractivity (Wildman–Crippen MR) is 109 cm³/mol. The van der Waals surface area contributed by atoms with Gasteiger partial charge in [0.2, 0.25) is 5.91 Å². The van der Waals surface area contributed by atoms with E-state index in [1.807, 2.05) is 0 Å². The number of rotatable bonds is 7. The maximum absolute atomic E-state index is 12.5. The Labute approximate surface area is 167 Å². The minimum atomic E-state index is -0.497. The number of anilines is 1. The van der Waals surface area contributed by atoms with E-state index in [2.05, 4.69) is 10.6 Å². The number of carbonyl (C=O) groups excluding carboxylic acids is 2. The van der Waals surface area contributed by atoms with Crippen LogP contribution < -0.4 is 10.6 Å². The van der Waals surface area contributed by atoms with Gasteiger partial charge in [0.15, 0.2) is 0 Å². The quantitative estimate of drug-likeness (QED) is 0.425. The number of carbonyl (C=O) groups is 2. The molecule has 1 aliphatic heterocycles. The lowest BCUT2D eigenvalue weighted by Gasteiger charge is -2.13. The lowest BCUT2D eigenvalue weighted by atomic mass is 10.1. The van der Waals surface area contributed by atoms with Crippen LogP contribution >= 0.6 is 0 Å². The Bertz CT molecular complexity index is 935. The Morgan fingerprint density at radius 1 is 1.21 bits per heavy atom. The average molecular weight is 395 g/mol. The van der Waals surface area contributed by atoms with Gasteiger partial charge in [-0.2, -0.15) is 0 Å². The third kappa shape index (κ3) is 5.73. The second kappa shape index (κ2) is 9.61. The molecule has 2 N–H and O–H groups in total. The first kappa shape index (κ1) is 20.2. The SMILES string of the molecule is O=C(/C=C/c1cccc([N+](=O)[O-])c1)Nc1ccccc1C(=O)NCC1CCCO1. The van der Waals surface area contributed by atoms with Gasteiger partial charge in [0.1, 0.15) is 0 Å². The van der Waals surface area contributed by atoms with Crippen LogP contribution in [0, 0.1) is 10.1 Å². The highest BCUT2D eigenvalue weighted by Crippen LogP contribution is 2.17. The number of para-hydroxylation sites is 1. The fraction of sp³-hybridized carbons (Fsp3) is 0.238. The first-order valence-corrected chi connectivity index (χ1v) is 9.25. The van der Waals surface area contributed by atoms with Crippen LogP contribution in [0.3, 0.4) is 0 Å². The molecular weight excluding hydrogens is 374 g/mol. The summed E-state index contributed by atoms with van der Waals surface area (Å²) in [5, 5.41) is 16.3. The van der Waals surface area contributed by atoms with Crippen molar-refractivity contribution in [2.45, 2.75) is 18.9 Å². The Balaban J connectivity index is 1.63. The third-order valence-electron chi connectivity index (χ3n) is 4.45. The van der Waals surface area contributed by atoms with Gasteiger partial charge < -0.3 is 15.4 Å². The molecule has 8 heteroatoms. The van der Waals surface area contributed by atoms with E-state index in [0.717, 1.165) is 12.8 Å². The number of hydrogen-bond acceptors (Lipinski definition) is 5. The summed E-state index contributed by atoms with van der Waals surface area (Å²) in [6.07, 6.45) is 4.67. The summed E-state index contributed by atoms with van der Waals surface area (Å²) < 4.78 is 5.50. The first-order valence-electron chi connectivity index (χ1n) is 9.25. The summed E-state index contributed by atoms with van der Waals surface area (Å²) >= 11 is 0. The normalized spacial score (nSPS) is 15.9. The number of non-ortho nitro benzene ring substituents is 1. The van der Waals surface area contributed by atoms with Gasteiger partial charge in [-0.25, -0.2) is 0 Å². The molecule has 1 fully saturated rings. The van der Waals surface area contributed by atoms with Crippen LogP contribution in [0.5, 0.6) is 0 Å². The number of nitro groups is 1. The van der Waals surface area contributed by atoms with Gasteiger partial charge in [-0.15, -0.1) is 0 Å². The minimum absolute atomic E-state index is 0.0264. The molecule has 1 aliphatic rings. The van der Waals surface area contributed by atoms with Gasteiger partial charge in [-0.05, 0) is 36.6 Å². The van der Waals surface area contributed by atoms with E-state index in [0.29, 0.717) is 30.0 Å². The van der Waals surface area contributed by atoms with Crippen LogP contribution in [0.25, 0.3) is 6.08 Å². The molecule has 0 spiro atoms. The molecule has 29 heavy (non-hydrogen) atoms. The van der Waals surface area contributed by atoms with Crippen molar-refractivity contribution in [3.8, 4) is 0 Å². The topological polar surface area (TPSA) is 111 Å². The zero-order valence-electron chi connectivity index (χ0n) is 15.7. The molecule has 0 aliphatic carbocycles. The molecule has 0 bridgehead atoms. The Morgan fingerprint density at radius 2 is 2.03 bits per heavy atom. The van der Waals surface area contributed by atoms with Crippen LogP contribution in [0.4, 0.5) is 11.4 Å². The zero-order chi connectivity index (χ0) is 20.6. The molecule has 0 aromatic heterocycles. The van der Waals surface area contributed by atoms with Crippen molar-refractivity contribution in [1.29, 1.82) is 0 Å². The van der Waals surface area contributed by atoms with E-state index in [-0.39, 0.29) is 17.7 Å². The summed E-state index contributed by atoms with van der Waals surface area (Å²) in [5.41, 5.74) is 1.20. The molecule has 1 heterocycles. The van der Waals surface area contributed by atoms with Crippen LogP contribution in [-0.4, -0.2) is 36.0 Å². The average Bonchev–Trinajstić information content (AvgIpc) is 3.25. The lowest BCUT2D eigenvalue weighted by molar-refractivity contribution is -0.384. The summed E-state index contributed by atoms with van der Waals surface area (Å²) in [6, 6.07) is 12.7. The Kier molecular flexibility index (Phi) is 6.70. The zero-order valence-corrected chi connectivity index (χ0v) is 15.7. The van der Waals surface area contributed by atoms with E-state index < -0.39 is 10.8 Å². The van der Waals surface area contributed by atoms with Gasteiger partial charge >= 0.3 is 0 Å². The smallest absolute Gasteiger partial charge is 0.270 e. The van der Waals surface area contributed by atoms with E-state index in [4.69, 9.17) is 4.74 Å². The first-order chi connectivity index (χ1) is 14.0. The molecule has 0 saturated carbocycles. The van der Waals surface area contributed by atoms with E-state index in [1.54, 1.807) is 36.4 Å². The molecular formula is C21H21N3O5. The molecule has 2 aromatic carbocycles. The highest BCUT2D eigenvalue weighted by Gasteiger charge is 2.18. The fourth-order valence-corrected chi connectivity index (χ4v) is 2.99. The van der Waals surface area contributed by atoms with Gasteiger partial charge in [0.25, 0.3) is 11.6 Å². The fourth-order valence-electron chi connectivity index (χ4n) is 2.99. The van der Waals surface area contributed by atoms with E-state index in [1.165, 1.54) is 24.3 Å². The van der Waals surface area contributed by atoms with Crippen LogP contribution in [0.1, 0.15) is 28.8 Å². The second-order valence-electron chi connectivity index (χ2n) is 6.57. The largest absolute Gasteiger partial charge is 0.376 e. The van der Waals surface area contributed by atoms with Crippen LogP contribution in [-0.2, 0) is 9.53 Å². The van der Waals surface area contributed by atoms with E-state index >= 15 is 0 Å². The molecule has 0 radical (unpaired) electrons. The van der Waals surface area contributed by atoms with E-state index in [9.17, 15) is 19.7 Å². The highest BCUT2D eigenvalue weighted by molar-refractivity contribution is 6.07. The Morgan fingerprint density at radius 3 is 2.79 bits per heavy atom. The lowest BCUT2D eigenvalue weighted by Crippen LogP contribution is -2.32. The molecule has 3 rings (SSSR count).